The zero-order chi connectivity index (χ0) is 15.4. The van der Waals surface area contributed by atoms with Crippen molar-refractivity contribution in [1.82, 2.24) is 5.32 Å². The molecule has 1 saturated heterocycles. The lowest BCUT2D eigenvalue weighted by molar-refractivity contribution is 0.0859. The maximum absolute atomic E-state index is 12.2. The van der Waals surface area contributed by atoms with Gasteiger partial charge >= 0.3 is 0 Å². The summed E-state index contributed by atoms with van der Waals surface area (Å²) in [6.45, 7) is 1.27. The van der Waals surface area contributed by atoms with Gasteiger partial charge in [0.05, 0.1) is 16.5 Å². The Hall–Kier alpha value is -1.70. The van der Waals surface area contributed by atoms with E-state index < -0.39 is 0 Å². The van der Waals surface area contributed by atoms with Crippen LogP contribution in [-0.4, -0.2) is 31.1 Å². The largest absolute Gasteiger partial charge is 0.376 e. The van der Waals surface area contributed by atoms with Gasteiger partial charge < -0.3 is 15.4 Å². The molecule has 1 atom stereocenters. The Kier molecular flexibility index (Phi) is 4.87. The van der Waals surface area contributed by atoms with Gasteiger partial charge in [-0.05, 0) is 35.7 Å². The molecule has 0 saturated carbocycles. The highest BCUT2D eigenvalue weighted by Gasteiger charge is 2.19. The molecule has 0 bridgehead atoms. The zero-order valence-electron chi connectivity index (χ0n) is 11.8. The number of carbonyl (C=O) groups excluding carboxylic acids is 2. The third-order valence-electron chi connectivity index (χ3n) is 3.40. The molecule has 3 rings (SSSR count). The molecule has 116 valence electrons. The van der Waals surface area contributed by atoms with Crippen molar-refractivity contribution >= 4 is 39.5 Å². The van der Waals surface area contributed by atoms with Gasteiger partial charge in [-0.25, -0.2) is 0 Å². The minimum Gasteiger partial charge on any atom is -0.376 e. The molecule has 1 aliphatic heterocycles. The van der Waals surface area contributed by atoms with E-state index in [1.807, 2.05) is 11.4 Å². The van der Waals surface area contributed by atoms with E-state index in [1.165, 1.54) is 22.7 Å². The molecule has 0 aromatic carbocycles. The lowest BCUT2D eigenvalue weighted by atomic mass is 10.2. The van der Waals surface area contributed by atoms with E-state index in [-0.39, 0.29) is 17.9 Å². The molecule has 1 aliphatic rings. The fourth-order valence-corrected chi connectivity index (χ4v) is 3.66. The van der Waals surface area contributed by atoms with Crippen molar-refractivity contribution in [3.63, 3.8) is 0 Å². The first-order chi connectivity index (χ1) is 10.7. The molecule has 2 aromatic rings. The third-order valence-corrected chi connectivity index (χ3v) is 5.09. The average Bonchev–Trinajstić information content (AvgIpc) is 3.25. The van der Waals surface area contributed by atoms with Gasteiger partial charge in [-0.2, -0.15) is 0 Å². The van der Waals surface area contributed by atoms with E-state index in [0.717, 1.165) is 19.4 Å². The summed E-state index contributed by atoms with van der Waals surface area (Å²) in [6, 6.07) is 5.30. The lowest BCUT2D eigenvalue weighted by Crippen LogP contribution is -2.32. The summed E-state index contributed by atoms with van der Waals surface area (Å²) in [5.74, 6) is -0.371. The SMILES string of the molecule is O=C(Nc1sccc1C(=O)NC[C@@H]1CCCO1)c1cccs1. The molecule has 1 fully saturated rings. The van der Waals surface area contributed by atoms with Crippen molar-refractivity contribution in [3.05, 3.63) is 39.4 Å². The first kappa shape index (κ1) is 15.2. The Morgan fingerprint density at radius 3 is 2.86 bits per heavy atom. The summed E-state index contributed by atoms with van der Waals surface area (Å²) in [7, 11) is 0. The summed E-state index contributed by atoms with van der Waals surface area (Å²) in [6.07, 6.45) is 2.12. The van der Waals surface area contributed by atoms with Crippen LogP contribution in [0.1, 0.15) is 32.9 Å². The molecule has 22 heavy (non-hydrogen) atoms. The number of thiophene rings is 2. The fourth-order valence-electron chi connectivity index (χ4n) is 2.26. The van der Waals surface area contributed by atoms with Gasteiger partial charge in [0.1, 0.15) is 5.00 Å². The first-order valence-corrected chi connectivity index (χ1v) is 8.82. The van der Waals surface area contributed by atoms with Crippen LogP contribution in [0.2, 0.25) is 0 Å². The second-order valence-corrected chi connectivity index (χ2v) is 6.80. The van der Waals surface area contributed by atoms with Crippen LogP contribution >= 0.6 is 22.7 Å². The van der Waals surface area contributed by atoms with Crippen LogP contribution in [0.4, 0.5) is 5.00 Å². The van der Waals surface area contributed by atoms with Crippen LogP contribution in [0.3, 0.4) is 0 Å². The summed E-state index contributed by atoms with van der Waals surface area (Å²) in [5, 5.41) is 9.88. The maximum Gasteiger partial charge on any atom is 0.266 e. The van der Waals surface area contributed by atoms with E-state index in [2.05, 4.69) is 10.6 Å². The van der Waals surface area contributed by atoms with Crippen LogP contribution in [0.5, 0.6) is 0 Å². The first-order valence-electron chi connectivity index (χ1n) is 7.06. The monoisotopic (exact) mass is 336 g/mol. The van der Waals surface area contributed by atoms with Gasteiger partial charge in [0, 0.05) is 13.2 Å². The summed E-state index contributed by atoms with van der Waals surface area (Å²) in [4.78, 5) is 24.9. The average molecular weight is 336 g/mol. The smallest absolute Gasteiger partial charge is 0.266 e. The number of ether oxygens (including phenoxy) is 1. The standard InChI is InChI=1S/C15H16N2O3S2/c18-13(16-9-10-3-1-6-20-10)11-5-8-22-15(11)17-14(19)12-4-2-7-21-12/h2,4-5,7-8,10H,1,3,6,9H2,(H,16,18)(H,17,19)/t10-/m0/s1. The number of rotatable bonds is 5. The Labute approximate surface area is 136 Å². The predicted molar refractivity (Wildman–Crippen MR) is 87.9 cm³/mol. The molecule has 0 unspecified atom stereocenters. The fraction of sp³-hybridized carbons (Fsp3) is 0.333. The van der Waals surface area contributed by atoms with Crippen LogP contribution in [0.15, 0.2) is 29.0 Å². The summed E-state index contributed by atoms with van der Waals surface area (Å²) >= 11 is 2.71. The van der Waals surface area contributed by atoms with Crippen molar-refractivity contribution in [1.29, 1.82) is 0 Å². The predicted octanol–water partition coefficient (Wildman–Crippen LogP) is 2.97. The highest BCUT2D eigenvalue weighted by Crippen LogP contribution is 2.24. The number of nitrogens with one attached hydrogen (secondary N) is 2. The minimum atomic E-state index is -0.189. The molecular weight excluding hydrogens is 320 g/mol. The van der Waals surface area contributed by atoms with Gasteiger partial charge in [-0.1, -0.05) is 6.07 Å². The summed E-state index contributed by atoms with van der Waals surface area (Å²) < 4.78 is 5.48. The van der Waals surface area contributed by atoms with Gasteiger partial charge in [-0.3, -0.25) is 9.59 Å². The number of hydrogen-bond donors (Lipinski definition) is 2. The topological polar surface area (TPSA) is 67.4 Å². The molecule has 0 spiro atoms. The second kappa shape index (κ2) is 7.04. The molecule has 2 amide bonds. The van der Waals surface area contributed by atoms with Gasteiger partial charge in [0.25, 0.3) is 11.8 Å². The van der Waals surface area contributed by atoms with Crippen molar-refractivity contribution in [2.24, 2.45) is 0 Å². The van der Waals surface area contributed by atoms with E-state index >= 15 is 0 Å². The minimum absolute atomic E-state index is 0.103. The van der Waals surface area contributed by atoms with E-state index in [1.54, 1.807) is 17.5 Å². The number of carbonyl (C=O) groups is 2. The second-order valence-electron chi connectivity index (χ2n) is 4.94. The highest BCUT2D eigenvalue weighted by atomic mass is 32.1. The van der Waals surface area contributed by atoms with Crippen LogP contribution < -0.4 is 10.6 Å². The number of amides is 2. The Balaban J connectivity index is 1.61. The van der Waals surface area contributed by atoms with Gasteiger partial charge in [-0.15, -0.1) is 22.7 Å². The van der Waals surface area contributed by atoms with Gasteiger partial charge in [0.2, 0.25) is 0 Å². The third kappa shape index (κ3) is 3.55. The van der Waals surface area contributed by atoms with Crippen molar-refractivity contribution in [2.45, 2.75) is 18.9 Å². The van der Waals surface area contributed by atoms with Gasteiger partial charge in [0.15, 0.2) is 0 Å². The van der Waals surface area contributed by atoms with E-state index in [0.29, 0.717) is 22.0 Å². The molecular formula is C15H16N2O3S2. The van der Waals surface area contributed by atoms with E-state index in [9.17, 15) is 9.59 Å². The maximum atomic E-state index is 12.2. The molecule has 5 nitrogen and oxygen atoms in total. The van der Waals surface area contributed by atoms with Crippen molar-refractivity contribution in [2.75, 3.05) is 18.5 Å². The molecule has 7 heteroatoms. The molecule has 3 heterocycles. The Morgan fingerprint density at radius 1 is 1.23 bits per heavy atom. The van der Waals surface area contributed by atoms with Crippen molar-refractivity contribution in [3.8, 4) is 0 Å². The molecule has 0 radical (unpaired) electrons. The van der Waals surface area contributed by atoms with Crippen molar-refractivity contribution < 1.29 is 14.3 Å². The molecule has 0 aliphatic carbocycles. The van der Waals surface area contributed by atoms with Crippen LogP contribution in [-0.2, 0) is 4.74 Å². The van der Waals surface area contributed by atoms with Crippen LogP contribution in [0, 0.1) is 0 Å². The normalized spacial score (nSPS) is 17.4. The van der Waals surface area contributed by atoms with Crippen LogP contribution in [0.25, 0.3) is 0 Å². The Morgan fingerprint density at radius 2 is 2.14 bits per heavy atom. The lowest BCUT2D eigenvalue weighted by Gasteiger charge is -2.11. The highest BCUT2D eigenvalue weighted by molar-refractivity contribution is 7.15. The Bertz CT molecular complexity index is 646. The zero-order valence-corrected chi connectivity index (χ0v) is 13.5. The van der Waals surface area contributed by atoms with E-state index in [4.69, 9.17) is 4.74 Å². The molecule has 2 aromatic heterocycles. The summed E-state index contributed by atoms with van der Waals surface area (Å²) in [5.41, 5.74) is 0.493. The quantitative estimate of drug-likeness (QED) is 0.882. The number of hydrogen-bond acceptors (Lipinski definition) is 5. The molecule has 2 N–H and O–H groups in total. The number of anilines is 1.